The minimum Gasteiger partial charge on any atom is -0.353 e. The molecule has 1 aromatic heterocycles. The third kappa shape index (κ3) is 3.23. The van der Waals surface area contributed by atoms with Crippen LogP contribution in [-0.2, 0) is 0 Å². The predicted octanol–water partition coefficient (Wildman–Crippen LogP) is 3.12. The monoisotopic (exact) mass is 311 g/mol. The minimum atomic E-state index is 0.623. The number of hydrogen-bond acceptors (Lipinski definition) is 3. The summed E-state index contributed by atoms with van der Waals surface area (Å²) in [6.07, 6.45) is 7.05. The fourth-order valence-electron chi connectivity index (χ4n) is 2.63. The molecule has 100 valence electrons. The van der Waals surface area contributed by atoms with Crippen molar-refractivity contribution in [2.24, 2.45) is 0 Å². The first-order valence-electron chi connectivity index (χ1n) is 6.75. The van der Waals surface area contributed by atoms with Gasteiger partial charge in [0, 0.05) is 18.8 Å². The Morgan fingerprint density at radius 1 is 1.50 bits per heavy atom. The number of piperidine rings is 1. The van der Waals surface area contributed by atoms with E-state index in [2.05, 4.69) is 44.1 Å². The zero-order valence-corrected chi connectivity index (χ0v) is 12.8. The summed E-state index contributed by atoms with van der Waals surface area (Å²) in [5.74, 6) is 1.11. The topological polar surface area (TPSA) is 28.2 Å². The van der Waals surface area contributed by atoms with Gasteiger partial charge in [-0.3, -0.25) is 0 Å². The van der Waals surface area contributed by atoms with Crippen LogP contribution in [0.4, 0.5) is 5.82 Å². The van der Waals surface area contributed by atoms with Crippen molar-refractivity contribution in [2.45, 2.75) is 38.6 Å². The highest BCUT2D eigenvalue weighted by molar-refractivity contribution is 9.10. The van der Waals surface area contributed by atoms with E-state index in [9.17, 15) is 0 Å². The molecule has 0 aromatic carbocycles. The van der Waals surface area contributed by atoms with E-state index in [4.69, 9.17) is 0 Å². The molecule has 1 saturated heterocycles. The molecular weight excluding hydrogens is 290 g/mol. The molecule has 0 bridgehead atoms. The van der Waals surface area contributed by atoms with Gasteiger partial charge >= 0.3 is 0 Å². The molecule has 0 aliphatic carbocycles. The lowest BCUT2D eigenvalue weighted by atomic mass is 9.99. The van der Waals surface area contributed by atoms with Crippen LogP contribution in [0.15, 0.2) is 16.7 Å². The molecule has 0 spiro atoms. The Labute approximate surface area is 118 Å². The number of anilines is 1. The van der Waals surface area contributed by atoms with Crippen molar-refractivity contribution >= 4 is 21.7 Å². The van der Waals surface area contributed by atoms with E-state index < -0.39 is 0 Å². The lowest BCUT2D eigenvalue weighted by molar-refractivity contribution is 0.430. The van der Waals surface area contributed by atoms with Gasteiger partial charge in [0.25, 0.3) is 0 Å². The number of hydrogen-bond donors (Lipinski definition) is 1. The highest BCUT2D eigenvalue weighted by Crippen LogP contribution is 2.30. The second-order valence-electron chi connectivity index (χ2n) is 5.05. The number of nitrogens with zero attached hydrogens (tertiary/aromatic N) is 2. The molecule has 0 amide bonds. The van der Waals surface area contributed by atoms with Crippen molar-refractivity contribution in [1.29, 1.82) is 0 Å². The smallest absolute Gasteiger partial charge is 0.143 e. The van der Waals surface area contributed by atoms with Gasteiger partial charge in [0.15, 0.2) is 0 Å². The Morgan fingerprint density at radius 3 is 3.06 bits per heavy atom. The highest BCUT2D eigenvalue weighted by atomic mass is 79.9. The van der Waals surface area contributed by atoms with Crippen LogP contribution in [0.3, 0.4) is 0 Å². The number of aryl methyl sites for hydroxylation is 1. The molecule has 1 atom stereocenters. The van der Waals surface area contributed by atoms with Gasteiger partial charge in [-0.15, -0.1) is 0 Å². The molecule has 3 nitrogen and oxygen atoms in total. The molecule has 4 heteroatoms. The van der Waals surface area contributed by atoms with Gasteiger partial charge in [-0.1, -0.05) is 0 Å². The summed E-state index contributed by atoms with van der Waals surface area (Å²) in [6, 6.07) is 2.78. The highest BCUT2D eigenvalue weighted by Gasteiger charge is 2.24. The van der Waals surface area contributed by atoms with Crippen LogP contribution < -0.4 is 10.2 Å². The van der Waals surface area contributed by atoms with Crippen molar-refractivity contribution in [3.63, 3.8) is 0 Å². The Bertz CT molecular complexity index is 395. The molecule has 1 aliphatic heterocycles. The second-order valence-corrected chi connectivity index (χ2v) is 5.91. The summed E-state index contributed by atoms with van der Waals surface area (Å²) in [7, 11) is 2.02. The van der Waals surface area contributed by atoms with Crippen LogP contribution in [0.2, 0.25) is 0 Å². The minimum absolute atomic E-state index is 0.623. The number of halogens is 1. The van der Waals surface area contributed by atoms with E-state index in [1.54, 1.807) is 0 Å². The molecule has 1 fully saturated rings. The van der Waals surface area contributed by atoms with Gasteiger partial charge in [-0.05, 0) is 73.8 Å². The molecule has 2 heterocycles. The summed E-state index contributed by atoms with van der Waals surface area (Å²) in [5.41, 5.74) is 1.20. The molecular formula is C14H22BrN3. The summed E-state index contributed by atoms with van der Waals surface area (Å²) in [6.45, 7) is 4.28. The van der Waals surface area contributed by atoms with Gasteiger partial charge in [0.05, 0.1) is 4.47 Å². The maximum atomic E-state index is 4.62. The number of rotatable bonds is 4. The lowest BCUT2D eigenvalue weighted by Gasteiger charge is -2.37. The SMILES string of the molecule is CNCCC1CCCCN1c1ncc(C)cc1Br. The third-order valence-corrected chi connectivity index (χ3v) is 4.17. The van der Waals surface area contributed by atoms with E-state index in [1.807, 2.05) is 13.2 Å². The van der Waals surface area contributed by atoms with Gasteiger partial charge in [-0.25, -0.2) is 4.98 Å². The molecule has 18 heavy (non-hydrogen) atoms. The largest absolute Gasteiger partial charge is 0.353 e. The van der Waals surface area contributed by atoms with E-state index in [-0.39, 0.29) is 0 Å². The first-order valence-corrected chi connectivity index (χ1v) is 7.55. The molecule has 1 unspecified atom stereocenters. The number of nitrogens with one attached hydrogen (secondary N) is 1. The van der Waals surface area contributed by atoms with E-state index in [0.717, 1.165) is 23.4 Å². The first-order chi connectivity index (χ1) is 8.72. The molecule has 1 aromatic rings. The Kier molecular flexibility index (Phi) is 5.01. The molecule has 1 aliphatic rings. The zero-order valence-electron chi connectivity index (χ0n) is 11.2. The van der Waals surface area contributed by atoms with E-state index in [0.29, 0.717) is 6.04 Å². The molecule has 1 N–H and O–H groups in total. The van der Waals surface area contributed by atoms with Crippen molar-refractivity contribution in [3.8, 4) is 0 Å². The van der Waals surface area contributed by atoms with Crippen LogP contribution in [0.25, 0.3) is 0 Å². The third-order valence-electron chi connectivity index (χ3n) is 3.59. The Morgan fingerprint density at radius 2 is 2.33 bits per heavy atom. The Balaban J connectivity index is 2.16. The Hall–Kier alpha value is -0.610. The van der Waals surface area contributed by atoms with Crippen molar-refractivity contribution in [1.82, 2.24) is 10.3 Å². The molecule has 0 radical (unpaired) electrons. The van der Waals surface area contributed by atoms with Crippen molar-refractivity contribution in [2.75, 3.05) is 25.0 Å². The van der Waals surface area contributed by atoms with Crippen LogP contribution in [-0.4, -0.2) is 31.2 Å². The van der Waals surface area contributed by atoms with Gasteiger partial charge in [-0.2, -0.15) is 0 Å². The fraction of sp³-hybridized carbons (Fsp3) is 0.643. The van der Waals surface area contributed by atoms with Gasteiger partial charge in [0.1, 0.15) is 5.82 Å². The van der Waals surface area contributed by atoms with Crippen molar-refractivity contribution in [3.05, 3.63) is 22.3 Å². The summed E-state index contributed by atoms with van der Waals surface area (Å²) in [4.78, 5) is 7.09. The zero-order chi connectivity index (χ0) is 13.0. The quantitative estimate of drug-likeness (QED) is 0.926. The van der Waals surface area contributed by atoms with Crippen LogP contribution in [0, 0.1) is 6.92 Å². The average molecular weight is 312 g/mol. The number of aromatic nitrogens is 1. The lowest BCUT2D eigenvalue weighted by Crippen LogP contribution is -2.41. The van der Waals surface area contributed by atoms with Crippen LogP contribution in [0.1, 0.15) is 31.2 Å². The standard InChI is InChI=1S/C14H22BrN3/c1-11-9-13(15)14(17-10-11)18-8-4-3-5-12(18)6-7-16-2/h9-10,12,16H,3-8H2,1-2H3. The second kappa shape index (κ2) is 6.53. The summed E-state index contributed by atoms with van der Waals surface area (Å²) < 4.78 is 1.12. The van der Waals surface area contributed by atoms with Crippen LogP contribution >= 0.6 is 15.9 Å². The normalized spacial score (nSPS) is 20.2. The fourth-order valence-corrected chi connectivity index (χ4v) is 3.32. The maximum absolute atomic E-state index is 4.62. The van der Waals surface area contributed by atoms with Gasteiger partial charge < -0.3 is 10.2 Å². The average Bonchev–Trinajstić information content (AvgIpc) is 2.37. The van der Waals surface area contributed by atoms with E-state index >= 15 is 0 Å². The van der Waals surface area contributed by atoms with Crippen LogP contribution in [0.5, 0.6) is 0 Å². The number of pyridine rings is 1. The first kappa shape index (κ1) is 13.8. The molecule has 2 rings (SSSR count). The van der Waals surface area contributed by atoms with E-state index in [1.165, 1.54) is 31.2 Å². The molecule has 0 saturated carbocycles. The predicted molar refractivity (Wildman–Crippen MR) is 80.2 cm³/mol. The summed E-state index contributed by atoms with van der Waals surface area (Å²) in [5, 5.41) is 3.25. The maximum Gasteiger partial charge on any atom is 0.143 e. The van der Waals surface area contributed by atoms with Gasteiger partial charge in [0.2, 0.25) is 0 Å². The van der Waals surface area contributed by atoms with Crippen molar-refractivity contribution < 1.29 is 0 Å². The summed E-state index contributed by atoms with van der Waals surface area (Å²) >= 11 is 3.66.